The largest absolute Gasteiger partial charge is 0.354 e. The van der Waals surface area contributed by atoms with Gasteiger partial charge in [-0.3, -0.25) is 9.59 Å². The summed E-state index contributed by atoms with van der Waals surface area (Å²) in [5, 5.41) is 2.85. The zero-order valence-electron chi connectivity index (χ0n) is 15.6. The van der Waals surface area contributed by atoms with Crippen molar-refractivity contribution >= 4 is 11.8 Å². The van der Waals surface area contributed by atoms with Crippen molar-refractivity contribution in [3.05, 3.63) is 71.3 Å². The molecular formula is C21H24N2O4. The quantitative estimate of drug-likeness (QED) is 0.724. The first-order valence-electron chi connectivity index (χ1n) is 8.90. The third-order valence-corrected chi connectivity index (χ3v) is 4.77. The van der Waals surface area contributed by atoms with Crippen LogP contribution in [0.3, 0.4) is 0 Å². The summed E-state index contributed by atoms with van der Waals surface area (Å²) in [6.07, 6.45) is -0.0883. The van der Waals surface area contributed by atoms with E-state index in [0.717, 1.165) is 11.1 Å². The Balaban J connectivity index is 1.80. The van der Waals surface area contributed by atoms with E-state index in [0.29, 0.717) is 18.5 Å². The third kappa shape index (κ3) is 4.35. The summed E-state index contributed by atoms with van der Waals surface area (Å²) in [4.78, 5) is 27.5. The summed E-state index contributed by atoms with van der Waals surface area (Å²) in [7, 11) is 3.03. The minimum atomic E-state index is -0.610. The van der Waals surface area contributed by atoms with Crippen molar-refractivity contribution in [3.8, 4) is 0 Å². The maximum absolute atomic E-state index is 13.0. The fourth-order valence-corrected chi connectivity index (χ4v) is 3.28. The van der Waals surface area contributed by atoms with E-state index >= 15 is 0 Å². The van der Waals surface area contributed by atoms with Gasteiger partial charge in [-0.05, 0) is 17.2 Å². The first kappa shape index (κ1) is 19.1. The monoisotopic (exact) mass is 368 g/mol. The van der Waals surface area contributed by atoms with Crippen LogP contribution in [0.5, 0.6) is 0 Å². The predicted octanol–water partition coefficient (Wildman–Crippen LogP) is 1.99. The smallest absolute Gasteiger partial charge is 0.255 e. The van der Waals surface area contributed by atoms with Gasteiger partial charge in [0.25, 0.3) is 5.91 Å². The van der Waals surface area contributed by atoms with Crippen molar-refractivity contribution in [2.75, 3.05) is 20.8 Å². The molecule has 142 valence electrons. The molecule has 6 heteroatoms. The van der Waals surface area contributed by atoms with Crippen molar-refractivity contribution in [1.29, 1.82) is 0 Å². The predicted molar refractivity (Wildman–Crippen MR) is 101 cm³/mol. The lowest BCUT2D eigenvalue weighted by atomic mass is 10.0. The second-order valence-electron chi connectivity index (χ2n) is 6.44. The number of carbonyl (C=O) groups is 2. The standard InChI is InChI=1S/C21H24N2O4/c1-26-19(27-2)13-22-20(24)18(12-15-8-4-3-5-9-15)23-14-16-10-6-7-11-17(16)21(23)25/h3-11,18-19H,12-14H2,1-2H3,(H,22,24)/t18-/m0/s1. The van der Waals surface area contributed by atoms with Gasteiger partial charge < -0.3 is 19.7 Å². The van der Waals surface area contributed by atoms with Crippen LogP contribution >= 0.6 is 0 Å². The number of ether oxygens (including phenoxy) is 2. The van der Waals surface area contributed by atoms with Crippen molar-refractivity contribution in [3.63, 3.8) is 0 Å². The number of nitrogens with one attached hydrogen (secondary N) is 1. The highest BCUT2D eigenvalue weighted by atomic mass is 16.7. The van der Waals surface area contributed by atoms with E-state index in [1.807, 2.05) is 48.5 Å². The topological polar surface area (TPSA) is 67.9 Å². The normalized spacial score (nSPS) is 14.3. The van der Waals surface area contributed by atoms with Gasteiger partial charge in [0.05, 0.1) is 6.54 Å². The summed E-state index contributed by atoms with van der Waals surface area (Å²) in [6.45, 7) is 0.643. The highest BCUT2D eigenvalue weighted by molar-refractivity contribution is 6.01. The van der Waals surface area contributed by atoms with E-state index in [2.05, 4.69) is 5.32 Å². The lowest BCUT2D eigenvalue weighted by molar-refractivity contribution is -0.131. The number of fused-ring (bicyclic) bond motifs is 1. The number of hydrogen-bond acceptors (Lipinski definition) is 4. The van der Waals surface area contributed by atoms with E-state index in [4.69, 9.17) is 9.47 Å². The molecule has 0 saturated heterocycles. The molecule has 1 heterocycles. The number of rotatable bonds is 8. The Hall–Kier alpha value is -2.70. The maximum atomic E-state index is 13.0. The van der Waals surface area contributed by atoms with Gasteiger partial charge in [-0.25, -0.2) is 0 Å². The molecule has 0 fully saturated rings. The second-order valence-corrected chi connectivity index (χ2v) is 6.44. The Kier molecular flexibility index (Phi) is 6.21. The first-order chi connectivity index (χ1) is 13.1. The van der Waals surface area contributed by atoms with Crippen LogP contribution in [0.4, 0.5) is 0 Å². The van der Waals surface area contributed by atoms with Gasteiger partial charge in [0.15, 0.2) is 6.29 Å². The Morgan fingerprint density at radius 1 is 1.07 bits per heavy atom. The van der Waals surface area contributed by atoms with Crippen LogP contribution < -0.4 is 5.32 Å². The third-order valence-electron chi connectivity index (χ3n) is 4.77. The van der Waals surface area contributed by atoms with E-state index in [-0.39, 0.29) is 18.4 Å². The molecule has 0 aromatic heterocycles. The van der Waals surface area contributed by atoms with Crippen molar-refractivity contribution in [2.45, 2.75) is 25.3 Å². The van der Waals surface area contributed by atoms with Gasteiger partial charge in [0, 0.05) is 32.7 Å². The van der Waals surface area contributed by atoms with Gasteiger partial charge in [0.1, 0.15) is 6.04 Å². The van der Waals surface area contributed by atoms with Crippen molar-refractivity contribution in [1.82, 2.24) is 10.2 Å². The molecule has 0 unspecified atom stereocenters. The molecule has 6 nitrogen and oxygen atoms in total. The van der Waals surface area contributed by atoms with E-state index in [1.54, 1.807) is 11.0 Å². The number of benzene rings is 2. The Bertz CT molecular complexity index is 790. The number of amides is 2. The van der Waals surface area contributed by atoms with Crippen LogP contribution in [0.2, 0.25) is 0 Å². The molecule has 1 aliphatic rings. The maximum Gasteiger partial charge on any atom is 0.255 e. The molecule has 0 saturated carbocycles. The van der Waals surface area contributed by atoms with Crippen LogP contribution in [-0.4, -0.2) is 49.8 Å². The number of hydrogen-bond donors (Lipinski definition) is 1. The molecule has 0 bridgehead atoms. The number of carbonyl (C=O) groups excluding carboxylic acids is 2. The zero-order valence-corrected chi connectivity index (χ0v) is 15.6. The van der Waals surface area contributed by atoms with E-state index in [1.165, 1.54) is 14.2 Å². The van der Waals surface area contributed by atoms with E-state index < -0.39 is 12.3 Å². The van der Waals surface area contributed by atoms with Gasteiger partial charge >= 0.3 is 0 Å². The summed E-state index contributed by atoms with van der Waals surface area (Å²) >= 11 is 0. The summed E-state index contributed by atoms with van der Waals surface area (Å²) in [5.74, 6) is -0.337. The number of methoxy groups -OCH3 is 2. The number of nitrogens with zero attached hydrogens (tertiary/aromatic N) is 1. The van der Waals surface area contributed by atoms with Crippen LogP contribution in [0.15, 0.2) is 54.6 Å². The first-order valence-corrected chi connectivity index (χ1v) is 8.90. The molecule has 27 heavy (non-hydrogen) atoms. The molecule has 1 N–H and O–H groups in total. The molecule has 2 amide bonds. The fourth-order valence-electron chi connectivity index (χ4n) is 3.28. The van der Waals surface area contributed by atoms with Crippen LogP contribution in [0.1, 0.15) is 21.5 Å². The zero-order chi connectivity index (χ0) is 19.2. The minimum Gasteiger partial charge on any atom is -0.354 e. The molecule has 3 rings (SSSR count). The van der Waals surface area contributed by atoms with Crippen LogP contribution in [0.25, 0.3) is 0 Å². The fraction of sp³-hybridized carbons (Fsp3) is 0.333. The molecule has 1 atom stereocenters. The van der Waals surface area contributed by atoms with Gasteiger partial charge in [0.2, 0.25) is 5.91 Å². The second kappa shape index (κ2) is 8.79. The highest BCUT2D eigenvalue weighted by Gasteiger charge is 2.36. The molecule has 0 aliphatic carbocycles. The lowest BCUT2D eigenvalue weighted by Crippen LogP contribution is -2.50. The molecule has 2 aromatic rings. The van der Waals surface area contributed by atoms with Gasteiger partial charge in [-0.1, -0.05) is 48.5 Å². The van der Waals surface area contributed by atoms with E-state index in [9.17, 15) is 9.59 Å². The van der Waals surface area contributed by atoms with Crippen LogP contribution in [0, 0.1) is 0 Å². The minimum absolute atomic E-state index is 0.114. The summed E-state index contributed by atoms with van der Waals surface area (Å²) in [5.41, 5.74) is 2.60. The van der Waals surface area contributed by atoms with Gasteiger partial charge in [-0.2, -0.15) is 0 Å². The Morgan fingerprint density at radius 2 is 1.74 bits per heavy atom. The summed E-state index contributed by atoms with van der Waals surface area (Å²) < 4.78 is 10.3. The molecule has 2 aromatic carbocycles. The molecular weight excluding hydrogens is 344 g/mol. The molecule has 1 aliphatic heterocycles. The van der Waals surface area contributed by atoms with Gasteiger partial charge in [-0.15, -0.1) is 0 Å². The summed E-state index contributed by atoms with van der Waals surface area (Å²) in [6, 6.07) is 16.6. The Morgan fingerprint density at radius 3 is 2.41 bits per heavy atom. The van der Waals surface area contributed by atoms with Crippen LogP contribution in [-0.2, 0) is 27.2 Å². The molecule has 0 radical (unpaired) electrons. The van der Waals surface area contributed by atoms with Crippen molar-refractivity contribution < 1.29 is 19.1 Å². The SMILES string of the molecule is COC(CNC(=O)[C@H](Cc1ccccc1)N1Cc2ccccc2C1=O)OC. The Labute approximate surface area is 159 Å². The lowest BCUT2D eigenvalue weighted by Gasteiger charge is -2.27. The van der Waals surface area contributed by atoms with Crippen molar-refractivity contribution in [2.24, 2.45) is 0 Å². The molecule has 0 spiro atoms. The average Bonchev–Trinajstić information content (AvgIpc) is 3.04. The highest BCUT2D eigenvalue weighted by Crippen LogP contribution is 2.26. The average molecular weight is 368 g/mol.